The van der Waals surface area contributed by atoms with E-state index < -0.39 is 0 Å². The normalized spacial score (nSPS) is 14.4. The van der Waals surface area contributed by atoms with Crippen molar-refractivity contribution in [2.45, 2.75) is 19.3 Å². The fraction of sp³-hybridized carbons (Fsp3) is 0.333. The van der Waals surface area contributed by atoms with Gasteiger partial charge in [-0.25, -0.2) is 4.98 Å². The number of nitrogens with zero attached hydrogens (tertiary/aromatic N) is 2. The van der Waals surface area contributed by atoms with Gasteiger partial charge in [0.2, 0.25) is 5.89 Å². The van der Waals surface area contributed by atoms with Gasteiger partial charge in [-0.2, -0.15) is 0 Å². The van der Waals surface area contributed by atoms with Crippen LogP contribution in [-0.4, -0.2) is 42.5 Å². The van der Waals surface area contributed by atoms with E-state index in [1.807, 2.05) is 66.5 Å². The average Bonchev–Trinajstić information content (AvgIpc) is 3.28. The van der Waals surface area contributed by atoms with E-state index in [1.54, 1.807) is 6.20 Å². The van der Waals surface area contributed by atoms with Crippen molar-refractivity contribution < 1.29 is 9.21 Å². The van der Waals surface area contributed by atoms with E-state index in [0.717, 1.165) is 43.6 Å². The molecule has 0 bridgehead atoms. The molecule has 0 atom stereocenters. The van der Waals surface area contributed by atoms with Crippen LogP contribution in [0.5, 0.6) is 0 Å². The number of piperidine rings is 1. The summed E-state index contributed by atoms with van der Waals surface area (Å²) >= 11 is 0. The predicted octanol–water partition coefficient (Wildman–Crippen LogP) is 4.89. The maximum Gasteiger partial charge on any atom is 0.254 e. The van der Waals surface area contributed by atoms with E-state index in [1.165, 1.54) is 6.42 Å². The van der Waals surface area contributed by atoms with Gasteiger partial charge in [-0.15, -0.1) is 12.4 Å². The molecule has 1 fully saturated rings. The molecule has 0 unspecified atom stereocenters. The quantitative estimate of drug-likeness (QED) is 0.610. The maximum atomic E-state index is 13.2. The molecule has 1 aliphatic rings. The molecule has 158 valence electrons. The largest absolute Gasteiger partial charge is 0.436 e. The first kappa shape index (κ1) is 22.1. The van der Waals surface area contributed by atoms with Crippen LogP contribution in [0.4, 0.5) is 0 Å². The molecule has 1 saturated heterocycles. The minimum Gasteiger partial charge on any atom is -0.436 e. The molecule has 2 heterocycles. The first-order valence-corrected chi connectivity index (χ1v) is 10.3. The number of hydrogen-bond donors (Lipinski definition) is 1. The number of amides is 1. The van der Waals surface area contributed by atoms with Crippen molar-refractivity contribution in [1.29, 1.82) is 0 Å². The SMILES string of the molecule is CNCCC1CCN(C(=O)c2ccccc2-c2ncc(-c3ccccc3)o2)CC1.Cl. The molecule has 0 radical (unpaired) electrons. The maximum absolute atomic E-state index is 13.2. The fourth-order valence-electron chi connectivity index (χ4n) is 3.93. The summed E-state index contributed by atoms with van der Waals surface area (Å²) in [6, 6.07) is 17.5. The summed E-state index contributed by atoms with van der Waals surface area (Å²) in [4.78, 5) is 19.7. The molecular weight excluding hydrogens is 398 g/mol. The van der Waals surface area contributed by atoms with Gasteiger partial charge in [-0.05, 0) is 50.9 Å². The average molecular weight is 426 g/mol. The van der Waals surface area contributed by atoms with Gasteiger partial charge in [-0.3, -0.25) is 4.79 Å². The summed E-state index contributed by atoms with van der Waals surface area (Å²) in [6.45, 7) is 2.65. The van der Waals surface area contributed by atoms with Crippen LogP contribution in [0.2, 0.25) is 0 Å². The van der Waals surface area contributed by atoms with Crippen molar-refractivity contribution >= 4 is 18.3 Å². The highest BCUT2D eigenvalue weighted by atomic mass is 35.5. The number of likely N-dealkylation sites (tertiary alicyclic amines) is 1. The second-order valence-corrected chi connectivity index (χ2v) is 7.57. The van der Waals surface area contributed by atoms with Gasteiger partial charge in [0, 0.05) is 24.2 Å². The van der Waals surface area contributed by atoms with Crippen LogP contribution in [0.1, 0.15) is 29.6 Å². The van der Waals surface area contributed by atoms with Crippen LogP contribution in [0.25, 0.3) is 22.8 Å². The number of benzene rings is 2. The molecule has 4 rings (SSSR count). The lowest BCUT2D eigenvalue weighted by molar-refractivity contribution is 0.0687. The zero-order valence-corrected chi connectivity index (χ0v) is 18.0. The number of halogens is 1. The summed E-state index contributed by atoms with van der Waals surface area (Å²) in [5, 5.41) is 3.22. The molecule has 1 aliphatic heterocycles. The van der Waals surface area contributed by atoms with Gasteiger partial charge in [-0.1, -0.05) is 42.5 Å². The third-order valence-electron chi connectivity index (χ3n) is 5.66. The molecular formula is C24H28ClN3O2. The number of oxazole rings is 1. The van der Waals surface area contributed by atoms with E-state index in [-0.39, 0.29) is 18.3 Å². The number of rotatable bonds is 6. The van der Waals surface area contributed by atoms with E-state index in [4.69, 9.17) is 4.42 Å². The second-order valence-electron chi connectivity index (χ2n) is 7.57. The lowest BCUT2D eigenvalue weighted by Gasteiger charge is -2.32. The molecule has 3 aromatic rings. The molecule has 5 nitrogen and oxygen atoms in total. The molecule has 1 aromatic heterocycles. The molecule has 6 heteroatoms. The first-order valence-electron chi connectivity index (χ1n) is 10.3. The number of aromatic nitrogens is 1. The minimum atomic E-state index is 0. The van der Waals surface area contributed by atoms with Crippen molar-refractivity contribution in [1.82, 2.24) is 15.2 Å². The van der Waals surface area contributed by atoms with Gasteiger partial charge >= 0.3 is 0 Å². The Hall–Kier alpha value is -2.63. The van der Waals surface area contributed by atoms with E-state index in [2.05, 4.69) is 10.3 Å². The van der Waals surface area contributed by atoms with Crippen LogP contribution in [0.3, 0.4) is 0 Å². The highest BCUT2D eigenvalue weighted by Gasteiger charge is 2.26. The van der Waals surface area contributed by atoms with Gasteiger partial charge < -0.3 is 14.6 Å². The van der Waals surface area contributed by atoms with Crippen LogP contribution in [0, 0.1) is 5.92 Å². The van der Waals surface area contributed by atoms with Crippen LogP contribution >= 0.6 is 12.4 Å². The third kappa shape index (κ3) is 4.91. The zero-order chi connectivity index (χ0) is 20.1. The molecule has 0 saturated carbocycles. The number of carbonyl (C=O) groups is 1. The van der Waals surface area contributed by atoms with Crippen LogP contribution in [-0.2, 0) is 0 Å². The molecule has 0 spiro atoms. The Balaban J connectivity index is 0.00000256. The Morgan fingerprint density at radius 1 is 1.10 bits per heavy atom. The lowest BCUT2D eigenvalue weighted by Crippen LogP contribution is -2.39. The first-order chi connectivity index (χ1) is 14.3. The zero-order valence-electron chi connectivity index (χ0n) is 17.2. The van der Waals surface area contributed by atoms with Crippen molar-refractivity contribution in [2.75, 3.05) is 26.7 Å². The summed E-state index contributed by atoms with van der Waals surface area (Å²) in [6.07, 6.45) is 5.02. The number of carbonyl (C=O) groups excluding carboxylic acids is 1. The summed E-state index contributed by atoms with van der Waals surface area (Å²) < 4.78 is 6.01. The Kier molecular flexibility index (Phi) is 7.66. The number of hydrogen-bond acceptors (Lipinski definition) is 4. The van der Waals surface area contributed by atoms with Crippen molar-refractivity contribution in [3.8, 4) is 22.8 Å². The fourth-order valence-corrected chi connectivity index (χ4v) is 3.93. The topological polar surface area (TPSA) is 58.4 Å². The van der Waals surface area contributed by atoms with Crippen molar-refractivity contribution in [3.05, 3.63) is 66.4 Å². The van der Waals surface area contributed by atoms with Gasteiger partial charge in [0.25, 0.3) is 5.91 Å². The predicted molar refractivity (Wildman–Crippen MR) is 122 cm³/mol. The molecule has 0 aliphatic carbocycles. The molecule has 1 amide bonds. The Labute approximate surface area is 183 Å². The highest BCUT2D eigenvalue weighted by molar-refractivity contribution is 6.00. The Morgan fingerprint density at radius 3 is 2.53 bits per heavy atom. The lowest BCUT2D eigenvalue weighted by atomic mass is 9.93. The standard InChI is InChI=1S/C24H27N3O2.ClH/c1-25-14-11-18-12-15-27(16-13-18)24(28)21-10-6-5-9-20(21)23-26-17-22(29-23)19-7-3-2-4-8-19;/h2-10,17-18,25H,11-16H2,1H3;1H. The summed E-state index contributed by atoms with van der Waals surface area (Å²) in [5.41, 5.74) is 2.37. The smallest absolute Gasteiger partial charge is 0.254 e. The van der Waals surface area contributed by atoms with Gasteiger partial charge in [0.05, 0.1) is 11.8 Å². The number of nitrogens with one attached hydrogen (secondary N) is 1. The van der Waals surface area contributed by atoms with E-state index in [0.29, 0.717) is 23.1 Å². The van der Waals surface area contributed by atoms with Gasteiger partial charge in [0.15, 0.2) is 5.76 Å². The Bertz CT molecular complexity index is 950. The summed E-state index contributed by atoms with van der Waals surface area (Å²) in [5.74, 6) is 1.94. The van der Waals surface area contributed by atoms with Crippen molar-refractivity contribution in [2.24, 2.45) is 5.92 Å². The van der Waals surface area contributed by atoms with Gasteiger partial charge in [0.1, 0.15) is 0 Å². The molecule has 30 heavy (non-hydrogen) atoms. The second kappa shape index (κ2) is 10.4. The monoisotopic (exact) mass is 425 g/mol. The van der Waals surface area contributed by atoms with E-state index in [9.17, 15) is 4.79 Å². The molecule has 1 N–H and O–H groups in total. The van der Waals surface area contributed by atoms with Crippen molar-refractivity contribution in [3.63, 3.8) is 0 Å². The third-order valence-corrected chi connectivity index (χ3v) is 5.66. The van der Waals surface area contributed by atoms with Crippen LogP contribution < -0.4 is 5.32 Å². The van der Waals surface area contributed by atoms with Crippen LogP contribution in [0.15, 0.2) is 65.2 Å². The minimum absolute atomic E-state index is 0. The van der Waals surface area contributed by atoms with E-state index >= 15 is 0 Å². The Morgan fingerprint density at radius 2 is 1.80 bits per heavy atom. The highest BCUT2D eigenvalue weighted by Crippen LogP contribution is 2.30. The summed E-state index contributed by atoms with van der Waals surface area (Å²) in [7, 11) is 1.99. The molecule has 2 aromatic carbocycles.